The minimum atomic E-state index is -0.746. The number of nitrogens with zero attached hydrogens (tertiary/aromatic N) is 1. The Hall–Kier alpha value is -1.76. The fourth-order valence-electron chi connectivity index (χ4n) is 1.98. The second-order valence-corrected chi connectivity index (χ2v) is 4.79. The SMILES string of the molecule is C#CCO/N=C/C(C)=C/C1[C@@H](C(=O)O)C1(C)C. The molecule has 0 aromatic carbocycles. The van der Waals surface area contributed by atoms with Gasteiger partial charge in [-0.2, -0.15) is 0 Å². The zero-order chi connectivity index (χ0) is 13.1. The average molecular weight is 235 g/mol. The number of aliphatic carboxylic acids is 1. The van der Waals surface area contributed by atoms with E-state index < -0.39 is 5.97 Å². The quantitative estimate of drug-likeness (QED) is 0.343. The van der Waals surface area contributed by atoms with Gasteiger partial charge in [0.1, 0.15) is 0 Å². The van der Waals surface area contributed by atoms with E-state index in [2.05, 4.69) is 11.1 Å². The van der Waals surface area contributed by atoms with E-state index in [1.807, 2.05) is 26.8 Å². The van der Waals surface area contributed by atoms with Crippen LogP contribution in [0.5, 0.6) is 0 Å². The van der Waals surface area contributed by atoms with Crippen molar-refractivity contribution in [1.29, 1.82) is 0 Å². The molecule has 0 spiro atoms. The predicted octanol–water partition coefficient (Wildman–Crippen LogP) is 1.93. The molecule has 0 aliphatic heterocycles. The van der Waals surface area contributed by atoms with Gasteiger partial charge in [-0.15, -0.1) is 6.42 Å². The molecule has 1 aliphatic carbocycles. The lowest BCUT2D eigenvalue weighted by Gasteiger charge is -1.97. The number of carboxylic acid groups (broad SMARTS) is 1. The fourth-order valence-corrected chi connectivity index (χ4v) is 1.98. The Morgan fingerprint density at radius 1 is 1.65 bits per heavy atom. The number of carbonyl (C=O) groups is 1. The van der Waals surface area contributed by atoms with Crippen LogP contribution in [0.2, 0.25) is 0 Å². The van der Waals surface area contributed by atoms with Crippen LogP contribution in [0.3, 0.4) is 0 Å². The van der Waals surface area contributed by atoms with E-state index in [4.69, 9.17) is 16.4 Å². The van der Waals surface area contributed by atoms with Gasteiger partial charge in [-0.05, 0) is 23.8 Å². The number of carboxylic acids is 1. The summed E-state index contributed by atoms with van der Waals surface area (Å²) in [4.78, 5) is 15.7. The lowest BCUT2D eigenvalue weighted by Crippen LogP contribution is -2.03. The zero-order valence-corrected chi connectivity index (χ0v) is 10.3. The fraction of sp³-hybridized carbons (Fsp3) is 0.538. The van der Waals surface area contributed by atoms with Crippen molar-refractivity contribution in [3.05, 3.63) is 11.6 Å². The number of terminal acetylenes is 1. The standard InChI is InChI=1S/C13H17NO3/c1-5-6-17-14-8-9(2)7-10-11(12(15)16)13(10,3)4/h1,7-8,10-11H,6H2,2-4H3,(H,15,16)/b9-7+,14-8+/t10?,11-/m0/s1. The molecule has 0 aromatic heterocycles. The van der Waals surface area contributed by atoms with Crippen LogP contribution in [-0.2, 0) is 9.63 Å². The maximum absolute atomic E-state index is 11.0. The van der Waals surface area contributed by atoms with Crippen molar-refractivity contribution in [2.45, 2.75) is 20.8 Å². The third kappa shape index (κ3) is 3.10. The van der Waals surface area contributed by atoms with Crippen LogP contribution in [0, 0.1) is 29.6 Å². The summed E-state index contributed by atoms with van der Waals surface area (Å²) in [5, 5.41) is 12.7. The molecule has 1 N–H and O–H groups in total. The molecule has 92 valence electrons. The van der Waals surface area contributed by atoms with Crippen LogP contribution in [0.25, 0.3) is 0 Å². The molecule has 2 atom stereocenters. The molecule has 1 saturated carbocycles. The summed E-state index contributed by atoms with van der Waals surface area (Å²) in [6.07, 6.45) is 8.46. The summed E-state index contributed by atoms with van der Waals surface area (Å²) >= 11 is 0. The molecule has 0 aromatic rings. The molecular formula is C13H17NO3. The monoisotopic (exact) mass is 235 g/mol. The Kier molecular flexibility index (Phi) is 3.95. The Labute approximate surface area is 101 Å². The van der Waals surface area contributed by atoms with Crippen molar-refractivity contribution in [2.75, 3.05) is 6.61 Å². The zero-order valence-electron chi connectivity index (χ0n) is 10.3. The molecule has 1 aliphatic rings. The molecule has 0 saturated heterocycles. The van der Waals surface area contributed by atoms with Crippen LogP contribution < -0.4 is 0 Å². The molecule has 1 fully saturated rings. The molecule has 1 rings (SSSR count). The summed E-state index contributed by atoms with van der Waals surface area (Å²) in [5.41, 5.74) is 0.699. The lowest BCUT2D eigenvalue weighted by atomic mass is 10.1. The van der Waals surface area contributed by atoms with E-state index in [0.717, 1.165) is 5.57 Å². The second-order valence-electron chi connectivity index (χ2n) is 4.79. The largest absolute Gasteiger partial charge is 0.481 e. The Morgan fingerprint density at radius 2 is 2.29 bits per heavy atom. The summed E-state index contributed by atoms with van der Waals surface area (Å²) < 4.78 is 0. The predicted molar refractivity (Wildman–Crippen MR) is 65.4 cm³/mol. The van der Waals surface area contributed by atoms with E-state index in [9.17, 15) is 4.79 Å². The molecule has 0 radical (unpaired) electrons. The van der Waals surface area contributed by atoms with E-state index in [-0.39, 0.29) is 23.9 Å². The lowest BCUT2D eigenvalue weighted by molar-refractivity contribution is -0.139. The summed E-state index contributed by atoms with van der Waals surface area (Å²) in [6, 6.07) is 0. The Bertz CT molecular complexity index is 401. The molecule has 0 heterocycles. The third-order valence-corrected chi connectivity index (χ3v) is 3.10. The normalized spacial score (nSPS) is 26.6. The van der Waals surface area contributed by atoms with Crippen LogP contribution in [0.15, 0.2) is 16.8 Å². The van der Waals surface area contributed by atoms with E-state index >= 15 is 0 Å². The summed E-state index contributed by atoms with van der Waals surface area (Å²) in [5.74, 6) is 1.30. The first-order chi connectivity index (χ1) is 7.91. The van der Waals surface area contributed by atoms with E-state index in [0.29, 0.717) is 0 Å². The number of oxime groups is 1. The first-order valence-electron chi connectivity index (χ1n) is 5.41. The number of rotatable bonds is 5. The molecule has 0 bridgehead atoms. The smallest absolute Gasteiger partial charge is 0.307 e. The van der Waals surface area contributed by atoms with Crippen molar-refractivity contribution in [3.8, 4) is 12.3 Å². The summed E-state index contributed by atoms with van der Waals surface area (Å²) in [6.45, 7) is 5.89. The minimum absolute atomic E-state index is 0.0547. The van der Waals surface area contributed by atoms with Crippen LogP contribution in [-0.4, -0.2) is 23.9 Å². The number of allylic oxidation sites excluding steroid dienone is 2. The van der Waals surface area contributed by atoms with Gasteiger partial charge in [0.2, 0.25) is 0 Å². The molecule has 17 heavy (non-hydrogen) atoms. The third-order valence-electron chi connectivity index (χ3n) is 3.10. The topological polar surface area (TPSA) is 58.9 Å². The average Bonchev–Trinajstić information content (AvgIpc) is 2.75. The van der Waals surface area contributed by atoms with Gasteiger partial charge >= 0.3 is 5.97 Å². The van der Waals surface area contributed by atoms with Gasteiger partial charge in [0.25, 0.3) is 0 Å². The maximum atomic E-state index is 11.0. The second kappa shape index (κ2) is 5.05. The van der Waals surface area contributed by atoms with Gasteiger partial charge in [-0.1, -0.05) is 31.0 Å². The Morgan fingerprint density at radius 3 is 2.76 bits per heavy atom. The van der Waals surface area contributed by atoms with E-state index in [1.165, 1.54) is 0 Å². The molecule has 0 amide bonds. The van der Waals surface area contributed by atoms with Crippen molar-refractivity contribution >= 4 is 12.2 Å². The van der Waals surface area contributed by atoms with Crippen molar-refractivity contribution < 1.29 is 14.7 Å². The molecule has 4 nitrogen and oxygen atoms in total. The van der Waals surface area contributed by atoms with Gasteiger partial charge in [0.05, 0.1) is 12.1 Å². The molecule has 1 unspecified atom stereocenters. The van der Waals surface area contributed by atoms with Gasteiger partial charge in [-0.25, -0.2) is 0 Å². The van der Waals surface area contributed by atoms with Crippen molar-refractivity contribution in [2.24, 2.45) is 22.4 Å². The van der Waals surface area contributed by atoms with Crippen LogP contribution >= 0.6 is 0 Å². The van der Waals surface area contributed by atoms with Crippen LogP contribution in [0.4, 0.5) is 0 Å². The highest BCUT2D eigenvalue weighted by Gasteiger charge is 2.60. The van der Waals surface area contributed by atoms with Crippen LogP contribution in [0.1, 0.15) is 20.8 Å². The molecular weight excluding hydrogens is 218 g/mol. The van der Waals surface area contributed by atoms with Crippen molar-refractivity contribution in [1.82, 2.24) is 0 Å². The van der Waals surface area contributed by atoms with E-state index in [1.54, 1.807) is 6.21 Å². The minimum Gasteiger partial charge on any atom is -0.481 e. The molecule has 4 heteroatoms. The highest BCUT2D eigenvalue weighted by Crippen LogP contribution is 2.59. The number of hydrogen-bond donors (Lipinski definition) is 1. The highest BCUT2D eigenvalue weighted by molar-refractivity contribution is 5.80. The van der Waals surface area contributed by atoms with Gasteiger partial charge in [0, 0.05) is 0 Å². The Balaban J connectivity index is 2.57. The van der Waals surface area contributed by atoms with Gasteiger partial charge < -0.3 is 9.94 Å². The highest BCUT2D eigenvalue weighted by atomic mass is 16.6. The maximum Gasteiger partial charge on any atom is 0.307 e. The first kappa shape index (κ1) is 13.3. The first-order valence-corrected chi connectivity index (χ1v) is 5.41. The van der Waals surface area contributed by atoms with Gasteiger partial charge in [0.15, 0.2) is 6.61 Å². The van der Waals surface area contributed by atoms with Crippen molar-refractivity contribution in [3.63, 3.8) is 0 Å². The van der Waals surface area contributed by atoms with Gasteiger partial charge in [-0.3, -0.25) is 4.79 Å². The number of hydrogen-bond acceptors (Lipinski definition) is 3. The summed E-state index contributed by atoms with van der Waals surface area (Å²) in [7, 11) is 0.